The number of ether oxygens (including phenoxy) is 1. The average molecular weight is 560 g/mol. The first-order valence-corrected chi connectivity index (χ1v) is 14.3. The smallest absolute Gasteiger partial charge is 0.311 e. The zero-order valence-electron chi connectivity index (χ0n) is 25.5. The molecule has 9 nitrogen and oxygen atoms in total. The third kappa shape index (κ3) is 13.7. The molecule has 224 valence electrons. The number of benzene rings is 1. The normalized spacial score (nSPS) is 12.9. The number of unbranched alkanes of at least 4 members (excludes halogenated alkanes) is 1. The van der Waals surface area contributed by atoms with Crippen molar-refractivity contribution in [2.24, 2.45) is 23.2 Å². The number of hydrogen-bond acceptors (Lipinski definition) is 6. The van der Waals surface area contributed by atoms with Crippen molar-refractivity contribution in [1.82, 2.24) is 10.6 Å². The number of anilines is 1. The lowest BCUT2D eigenvalue weighted by atomic mass is 9.92. The Morgan fingerprint density at radius 3 is 2.02 bits per heavy atom. The number of Topliss-reactive ketones (excluding diaryl/α,β-unsaturated/α-hetero) is 1. The van der Waals surface area contributed by atoms with Crippen LogP contribution in [0.1, 0.15) is 93.1 Å². The first-order valence-electron chi connectivity index (χ1n) is 14.3. The maximum Gasteiger partial charge on any atom is 0.311 e. The number of esters is 1. The van der Waals surface area contributed by atoms with E-state index in [0.717, 1.165) is 5.56 Å². The van der Waals surface area contributed by atoms with Crippen molar-refractivity contribution in [3.8, 4) is 0 Å². The van der Waals surface area contributed by atoms with E-state index >= 15 is 0 Å². The zero-order chi connectivity index (χ0) is 30.5. The molecule has 0 aromatic heterocycles. The lowest BCUT2D eigenvalue weighted by molar-refractivity contribution is -0.154. The van der Waals surface area contributed by atoms with Gasteiger partial charge in [0.1, 0.15) is 6.61 Å². The Morgan fingerprint density at radius 1 is 0.850 bits per heavy atom. The van der Waals surface area contributed by atoms with Crippen LogP contribution in [0.2, 0.25) is 0 Å². The number of rotatable bonds is 16. The SMILES string of the molecule is CC(C)CC(=O)NCCCCC(=O)N[C@H](C(=O)C[C@@H](C)C(=O)Nc1ccc(COC(=O)C(C)(C)C)cc1)C(C)C. The van der Waals surface area contributed by atoms with E-state index in [-0.39, 0.29) is 54.8 Å². The monoisotopic (exact) mass is 559 g/mol. The third-order valence-corrected chi connectivity index (χ3v) is 6.24. The molecule has 1 aromatic carbocycles. The fraction of sp³-hybridized carbons (Fsp3) is 0.645. The maximum absolute atomic E-state index is 13.0. The molecule has 3 N–H and O–H groups in total. The fourth-order valence-corrected chi connectivity index (χ4v) is 3.78. The molecule has 3 amide bonds. The molecular formula is C31H49N3O6. The molecule has 1 aromatic rings. The van der Waals surface area contributed by atoms with Crippen LogP contribution in [0.25, 0.3) is 0 Å². The summed E-state index contributed by atoms with van der Waals surface area (Å²) in [6.07, 6.45) is 2.02. The second-order valence-corrected chi connectivity index (χ2v) is 12.3. The summed E-state index contributed by atoms with van der Waals surface area (Å²) in [6.45, 7) is 15.4. The Labute approximate surface area is 239 Å². The van der Waals surface area contributed by atoms with Crippen molar-refractivity contribution in [2.75, 3.05) is 11.9 Å². The third-order valence-electron chi connectivity index (χ3n) is 6.24. The molecule has 0 bridgehead atoms. The fourth-order valence-electron chi connectivity index (χ4n) is 3.78. The van der Waals surface area contributed by atoms with Crippen molar-refractivity contribution >= 4 is 35.2 Å². The molecule has 40 heavy (non-hydrogen) atoms. The van der Waals surface area contributed by atoms with Crippen LogP contribution in [0.15, 0.2) is 24.3 Å². The molecule has 0 unspecified atom stereocenters. The number of nitrogens with one attached hydrogen (secondary N) is 3. The largest absolute Gasteiger partial charge is 0.460 e. The number of carbonyl (C=O) groups excluding carboxylic acids is 5. The molecule has 0 fully saturated rings. The summed E-state index contributed by atoms with van der Waals surface area (Å²) >= 11 is 0. The first kappa shape index (κ1) is 34.8. The predicted molar refractivity (Wildman–Crippen MR) is 156 cm³/mol. The van der Waals surface area contributed by atoms with E-state index in [4.69, 9.17) is 4.74 Å². The number of hydrogen-bond donors (Lipinski definition) is 3. The van der Waals surface area contributed by atoms with Crippen molar-refractivity contribution in [1.29, 1.82) is 0 Å². The molecule has 0 aliphatic rings. The standard InChI is InChI=1S/C31H49N3O6/c1-20(2)17-27(37)32-16-10-9-11-26(36)34-28(21(3)4)25(35)18-22(5)29(38)33-24-14-12-23(13-15-24)19-40-30(39)31(6,7)8/h12-15,20-22,28H,9-11,16-19H2,1-8H3,(H,32,37)(H,33,38)(H,34,36)/t22-,28+/m1/s1. The molecule has 2 atom stereocenters. The lowest BCUT2D eigenvalue weighted by Crippen LogP contribution is -2.45. The molecule has 0 heterocycles. The van der Waals surface area contributed by atoms with Gasteiger partial charge in [0.25, 0.3) is 0 Å². The number of carbonyl (C=O) groups is 5. The van der Waals surface area contributed by atoms with Crippen molar-refractivity contribution in [3.05, 3.63) is 29.8 Å². The van der Waals surface area contributed by atoms with Gasteiger partial charge < -0.3 is 20.7 Å². The van der Waals surface area contributed by atoms with Crippen LogP contribution in [-0.2, 0) is 35.3 Å². The Kier molecular flexibility index (Phi) is 14.6. The van der Waals surface area contributed by atoms with Gasteiger partial charge >= 0.3 is 5.97 Å². The van der Waals surface area contributed by atoms with Gasteiger partial charge in [0.15, 0.2) is 5.78 Å². The van der Waals surface area contributed by atoms with Gasteiger partial charge in [0, 0.05) is 37.4 Å². The van der Waals surface area contributed by atoms with E-state index in [0.29, 0.717) is 37.4 Å². The van der Waals surface area contributed by atoms with Gasteiger partial charge in [-0.25, -0.2) is 0 Å². The summed E-state index contributed by atoms with van der Waals surface area (Å²) in [5.41, 5.74) is 0.792. The average Bonchev–Trinajstić information content (AvgIpc) is 2.85. The van der Waals surface area contributed by atoms with E-state index in [1.54, 1.807) is 52.0 Å². The molecule has 0 spiro atoms. The molecular weight excluding hydrogens is 510 g/mol. The van der Waals surface area contributed by atoms with Crippen LogP contribution < -0.4 is 16.0 Å². The maximum atomic E-state index is 13.0. The Bertz CT molecular complexity index is 995. The van der Waals surface area contributed by atoms with Crippen molar-refractivity contribution in [2.45, 2.75) is 100 Å². The molecule has 0 aliphatic heterocycles. The van der Waals surface area contributed by atoms with Gasteiger partial charge in [0.05, 0.1) is 11.5 Å². The van der Waals surface area contributed by atoms with Crippen molar-refractivity contribution in [3.63, 3.8) is 0 Å². The van der Waals surface area contributed by atoms with Crippen LogP contribution in [0.3, 0.4) is 0 Å². The molecule has 0 aliphatic carbocycles. The van der Waals surface area contributed by atoms with Gasteiger partial charge in [-0.3, -0.25) is 24.0 Å². The highest BCUT2D eigenvalue weighted by atomic mass is 16.5. The summed E-state index contributed by atoms with van der Waals surface area (Å²) in [7, 11) is 0. The summed E-state index contributed by atoms with van der Waals surface area (Å²) in [5, 5.41) is 8.49. The van der Waals surface area contributed by atoms with E-state index in [1.807, 2.05) is 27.7 Å². The Morgan fingerprint density at radius 2 is 1.48 bits per heavy atom. The topological polar surface area (TPSA) is 131 Å². The van der Waals surface area contributed by atoms with Gasteiger partial charge in [-0.15, -0.1) is 0 Å². The quantitative estimate of drug-likeness (QED) is 0.197. The molecule has 0 radical (unpaired) electrons. The van der Waals surface area contributed by atoms with Crippen LogP contribution in [0.5, 0.6) is 0 Å². The molecule has 9 heteroatoms. The van der Waals surface area contributed by atoms with E-state index in [1.165, 1.54) is 0 Å². The summed E-state index contributed by atoms with van der Waals surface area (Å²) in [4.78, 5) is 61.8. The van der Waals surface area contributed by atoms with Crippen LogP contribution in [0, 0.1) is 23.2 Å². The van der Waals surface area contributed by atoms with E-state index < -0.39 is 17.4 Å². The Balaban J connectivity index is 2.51. The number of amides is 3. The minimum Gasteiger partial charge on any atom is -0.460 e. The Hall–Kier alpha value is -3.23. The van der Waals surface area contributed by atoms with Gasteiger partial charge in [0.2, 0.25) is 17.7 Å². The molecule has 1 rings (SSSR count). The first-order chi connectivity index (χ1) is 18.6. The highest BCUT2D eigenvalue weighted by Gasteiger charge is 2.27. The molecule has 0 saturated carbocycles. The highest BCUT2D eigenvalue weighted by molar-refractivity contribution is 5.97. The van der Waals surface area contributed by atoms with Gasteiger partial charge in [-0.05, 0) is 63.1 Å². The van der Waals surface area contributed by atoms with E-state index in [2.05, 4.69) is 16.0 Å². The van der Waals surface area contributed by atoms with E-state index in [9.17, 15) is 24.0 Å². The number of ketones is 1. The van der Waals surface area contributed by atoms with Gasteiger partial charge in [-0.1, -0.05) is 46.8 Å². The highest BCUT2D eigenvalue weighted by Crippen LogP contribution is 2.18. The van der Waals surface area contributed by atoms with Crippen LogP contribution in [-0.4, -0.2) is 42.1 Å². The summed E-state index contributed by atoms with van der Waals surface area (Å²) in [6, 6.07) is 6.30. The second-order valence-electron chi connectivity index (χ2n) is 12.3. The minimum absolute atomic E-state index is 0.00230. The minimum atomic E-state index is -0.677. The predicted octanol–water partition coefficient (Wildman–Crippen LogP) is 4.78. The van der Waals surface area contributed by atoms with Crippen molar-refractivity contribution < 1.29 is 28.7 Å². The summed E-state index contributed by atoms with van der Waals surface area (Å²) in [5.74, 6) is -1.40. The second kappa shape index (κ2) is 16.8. The lowest BCUT2D eigenvalue weighted by Gasteiger charge is -2.23. The molecule has 0 saturated heterocycles. The zero-order valence-corrected chi connectivity index (χ0v) is 25.5. The summed E-state index contributed by atoms with van der Waals surface area (Å²) < 4.78 is 5.31. The van der Waals surface area contributed by atoms with Crippen LogP contribution >= 0.6 is 0 Å². The van der Waals surface area contributed by atoms with Crippen LogP contribution in [0.4, 0.5) is 5.69 Å². The van der Waals surface area contributed by atoms with Gasteiger partial charge in [-0.2, -0.15) is 0 Å².